The monoisotopic (exact) mass is 241 g/mol. The number of nitrogens with one attached hydrogen (secondary N) is 1. The summed E-state index contributed by atoms with van der Waals surface area (Å²) in [5.74, 6) is 0. The molecule has 0 aromatic carbocycles. The number of hydrogen-bond donors (Lipinski definition) is 1. The lowest BCUT2D eigenvalue weighted by atomic mass is 9.86. The molecule has 1 rings (SSSR count). The Morgan fingerprint density at radius 2 is 1.94 bits per heavy atom. The van der Waals surface area contributed by atoms with Gasteiger partial charge in [-0.05, 0) is 25.9 Å². The quantitative estimate of drug-likeness (QED) is 0.807. The van der Waals surface area contributed by atoms with E-state index in [1.165, 1.54) is 32.7 Å². The van der Waals surface area contributed by atoms with E-state index in [0.29, 0.717) is 17.5 Å². The van der Waals surface area contributed by atoms with Crippen molar-refractivity contribution in [1.29, 1.82) is 0 Å². The van der Waals surface area contributed by atoms with Gasteiger partial charge in [-0.1, -0.05) is 27.7 Å². The Kier molecular flexibility index (Phi) is 5.42. The molecule has 0 aromatic rings. The number of nitrogens with zero attached hydrogens (tertiary/aromatic N) is 2. The SMILES string of the molecule is CCN1CCN(CC(NC)C(C)(C)C)CC1C. The van der Waals surface area contributed by atoms with Crippen molar-refractivity contribution >= 4 is 0 Å². The van der Waals surface area contributed by atoms with Crippen LogP contribution >= 0.6 is 0 Å². The molecule has 2 atom stereocenters. The van der Waals surface area contributed by atoms with E-state index in [-0.39, 0.29) is 0 Å². The van der Waals surface area contributed by atoms with Gasteiger partial charge in [0, 0.05) is 38.3 Å². The van der Waals surface area contributed by atoms with E-state index in [2.05, 4.69) is 56.8 Å². The fourth-order valence-corrected chi connectivity index (χ4v) is 2.76. The summed E-state index contributed by atoms with van der Waals surface area (Å²) in [6.07, 6.45) is 0. The third-order valence-electron chi connectivity index (χ3n) is 4.09. The summed E-state index contributed by atoms with van der Waals surface area (Å²) in [7, 11) is 2.08. The van der Waals surface area contributed by atoms with Crippen molar-refractivity contribution in [2.75, 3.05) is 39.8 Å². The number of hydrogen-bond acceptors (Lipinski definition) is 3. The summed E-state index contributed by atoms with van der Waals surface area (Å²) in [5.41, 5.74) is 0.333. The van der Waals surface area contributed by atoms with Gasteiger partial charge < -0.3 is 5.32 Å². The first-order valence-electron chi connectivity index (χ1n) is 7.02. The Morgan fingerprint density at radius 3 is 2.35 bits per heavy atom. The molecule has 1 saturated heterocycles. The Morgan fingerprint density at radius 1 is 1.29 bits per heavy atom. The van der Waals surface area contributed by atoms with E-state index < -0.39 is 0 Å². The average Bonchev–Trinajstić information content (AvgIpc) is 2.24. The van der Waals surface area contributed by atoms with Crippen LogP contribution in [0, 0.1) is 5.41 Å². The fraction of sp³-hybridized carbons (Fsp3) is 1.00. The lowest BCUT2D eigenvalue weighted by Crippen LogP contribution is -2.56. The van der Waals surface area contributed by atoms with Crippen LogP contribution in [0.15, 0.2) is 0 Å². The maximum absolute atomic E-state index is 3.47. The van der Waals surface area contributed by atoms with Gasteiger partial charge in [-0.2, -0.15) is 0 Å². The van der Waals surface area contributed by atoms with E-state index >= 15 is 0 Å². The molecule has 0 aromatic heterocycles. The summed E-state index contributed by atoms with van der Waals surface area (Å²) in [4.78, 5) is 5.19. The summed E-state index contributed by atoms with van der Waals surface area (Å²) < 4.78 is 0. The topological polar surface area (TPSA) is 18.5 Å². The Bertz CT molecular complexity index is 222. The first kappa shape index (κ1) is 14.9. The minimum absolute atomic E-state index is 0.333. The number of piperazine rings is 1. The predicted octanol–water partition coefficient (Wildman–Crippen LogP) is 1.65. The maximum atomic E-state index is 3.47. The van der Waals surface area contributed by atoms with Crippen LogP contribution in [0.25, 0.3) is 0 Å². The normalized spacial score (nSPS) is 26.1. The molecule has 0 bridgehead atoms. The first-order valence-corrected chi connectivity index (χ1v) is 7.02. The molecule has 1 aliphatic heterocycles. The molecular weight excluding hydrogens is 210 g/mol. The van der Waals surface area contributed by atoms with Crippen LogP contribution < -0.4 is 5.32 Å². The smallest absolute Gasteiger partial charge is 0.0240 e. The lowest BCUT2D eigenvalue weighted by molar-refractivity contribution is 0.0696. The van der Waals surface area contributed by atoms with Crippen molar-refractivity contribution in [3.05, 3.63) is 0 Å². The van der Waals surface area contributed by atoms with Crippen molar-refractivity contribution in [3.63, 3.8) is 0 Å². The number of rotatable bonds is 4. The highest BCUT2D eigenvalue weighted by atomic mass is 15.3. The minimum atomic E-state index is 0.333. The first-order chi connectivity index (χ1) is 7.88. The Balaban J connectivity index is 2.48. The molecule has 102 valence electrons. The fourth-order valence-electron chi connectivity index (χ4n) is 2.76. The third kappa shape index (κ3) is 4.23. The molecule has 0 amide bonds. The van der Waals surface area contributed by atoms with Gasteiger partial charge in [-0.3, -0.25) is 9.80 Å². The summed E-state index contributed by atoms with van der Waals surface area (Å²) in [6.45, 7) is 17.6. The number of likely N-dealkylation sites (N-methyl/N-ethyl adjacent to an activating group) is 2. The maximum Gasteiger partial charge on any atom is 0.0240 e. The van der Waals surface area contributed by atoms with Crippen molar-refractivity contribution in [1.82, 2.24) is 15.1 Å². The second-order valence-electron chi connectivity index (χ2n) is 6.44. The van der Waals surface area contributed by atoms with Crippen LogP contribution in [0.4, 0.5) is 0 Å². The molecule has 17 heavy (non-hydrogen) atoms. The van der Waals surface area contributed by atoms with E-state index in [1.54, 1.807) is 0 Å². The van der Waals surface area contributed by atoms with E-state index in [4.69, 9.17) is 0 Å². The molecule has 0 radical (unpaired) electrons. The molecular formula is C14H31N3. The molecule has 1 heterocycles. The summed E-state index contributed by atoms with van der Waals surface area (Å²) >= 11 is 0. The van der Waals surface area contributed by atoms with Gasteiger partial charge in [-0.25, -0.2) is 0 Å². The minimum Gasteiger partial charge on any atom is -0.315 e. The highest BCUT2D eigenvalue weighted by molar-refractivity contribution is 4.86. The van der Waals surface area contributed by atoms with Gasteiger partial charge in [0.2, 0.25) is 0 Å². The largest absolute Gasteiger partial charge is 0.315 e. The summed E-state index contributed by atoms with van der Waals surface area (Å²) in [6, 6.07) is 1.27. The van der Waals surface area contributed by atoms with Crippen molar-refractivity contribution in [3.8, 4) is 0 Å². The predicted molar refractivity (Wildman–Crippen MR) is 75.5 cm³/mol. The van der Waals surface area contributed by atoms with Crippen LogP contribution in [0.5, 0.6) is 0 Å². The Labute approximate surface area is 108 Å². The van der Waals surface area contributed by atoms with Gasteiger partial charge in [0.05, 0.1) is 0 Å². The van der Waals surface area contributed by atoms with Gasteiger partial charge >= 0.3 is 0 Å². The van der Waals surface area contributed by atoms with E-state index in [0.717, 1.165) is 0 Å². The molecule has 3 nitrogen and oxygen atoms in total. The van der Waals surface area contributed by atoms with E-state index in [1.807, 2.05) is 0 Å². The van der Waals surface area contributed by atoms with Crippen molar-refractivity contribution < 1.29 is 0 Å². The Hall–Kier alpha value is -0.120. The molecule has 0 spiro atoms. The average molecular weight is 241 g/mol. The lowest BCUT2D eigenvalue weighted by Gasteiger charge is -2.42. The highest BCUT2D eigenvalue weighted by Crippen LogP contribution is 2.21. The van der Waals surface area contributed by atoms with Crippen molar-refractivity contribution in [2.45, 2.75) is 46.7 Å². The molecule has 0 aliphatic carbocycles. The van der Waals surface area contributed by atoms with Gasteiger partial charge in [0.1, 0.15) is 0 Å². The molecule has 3 heteroatoms. The molecule has 1 aliphatic rings. The summed E-state index contributed by atoms with van der Waals surface area (Å²) in [5, 5.41) is 3.47. The van der Waals surface area contributed by atoms with Crippen LogP contribution in [-0.4, -0.2) is 61.7 Å². The van der Waals surface area contributed by atoms with Gasteiger partial charge in [-0.15, -0.1) is 0 Å². The highest BCUT2D eigenvalue weighted by Gasteiger charge is 2.28. The van der Waals surface area contributed by atoms with E-state index in [9.17, 15) is 0 Å². The van der Waals surface area contributed by atoms with Crippen molar-refractivity contribution in [2.24, 2.45) is 5.41 Å². The second kappa shape index (κ2) is 6.17. The van der Waals surface area contributed by atoms with Crippen LogP contribution in [0.3, 0.4) is 0 Å². The second-order valence-corrected chi connectivity index (χ2v) is 6.44. The molecule has 1 N–H and O–H groups in total. The third-order valence-corrected chi connectivity index (χ3v) is 4.09. The molecule has 2 unspecified atom stereocenters. The van der Waals surface area contributed by atoms with Gasteiger partial charge in [0.15, 0.2) is 0 Å². The van der Waals surface area contributed by atoms with Crippen LogP contribution in [0.1, 0.15) is 34.6 Å². The zero-order valence-electron chi connectivity index (χ0n) is 12.6. The van der Waals surface area contributed by atoms with Crippen LogP contribution in [0.2, 0.25) is 0 Å². The zero-order valence-corrected chi connectivity index (χ0v) is 12.6. The standard InChI is InChI=1S/C14H31N3/c1-7-17-9-8-16(10-12(17)2)11-13(15-6)14(3,4)5/h12-13,15H,7-11H2,1-6H3. The molecule has 0 saturated carbocycles. The van der Waals surface area contributed by atoms with Gasteiger partial charge in [0.25, 0.3) is 0 Å². The molecule has 1 fully saturated rings. The van der Waals surface area contributed by atoms with Crippen LogP contribution in [-0.2, 0) is 0 Å². The zero-order chi connectivity index (χ0) is 13.1.